The van der Waals surface area contributed by atoms with Crippen LogP contribution in [0.2, 0.25) is 0 Å². The fourth-order valence-electron chi connectivity index (χ4n) is 1.89. The lowest BCUT2D eigenvalue weighted by molar-refractivity contribution is 0.138. The van der Waals surface area contributed by atoms with E-state index in [1.54, 1.807) is 19.9 Å². The van der Waals surface area contributed by atoms with E-state index < -0.39 is 15.6 Å². The van der Waals surface area contributed by atoms with Crippen LogP contribution < -0.4 is 9.47 Å². The largest absolute Gasteiger partial charge is 0.490 e. The highest BCUT2D eigenvalue weighted by molar-refractivity contribution is 7.89. The van der Waals surface area contributed by atoms with Crippen molar-refractivity contribution in [3.05, 3.63) is 18.2 Å². The zero-order valence-corrected chi connectivity index (χ0v) is 13.3. The smallest absolute Gasteiger partial charge is 0.243 e. The Balaban J connectivity index is 2.39. The van der Waals surface area contributed by atoms with Crippen molar-refractivity contribution in [3.8, 4) is 11.5 Å². The molecule has 1 heterocycles. The molecular formula is C14H21NO5S. The van der Waals surface area contributed by atoms with E-state index in [-0.39, 0.29) is 11.5 Å². The molecule has 6 nitrogen and oxygen atoms in total. The van der Waals surface area contributed by atoms with Crippen LogP contribution in [0.1, 0.15) is 20.3 Å². The van der Waals surface area contributed by atoms with Gasteiger partial charge in [-0.05, 0) is 26.0 Å². The van der Waals surface area contributed by atoms with Gasteiger partial charge in [-0.3, -0.25) is 0 Å². The highest BCUT2D eigenvalue weighted by atomic mass is 32.2. The molecule has 0 fully saturated rings. The molecule has 1 aromatic carbocycles. The van der Waals surface area contributed by atoms with E-state index in [4.69, 9.17) is 9.47 Å². The first kappa shape index (κ1) is 16.1. The normalized spacial score (nSPS) is 15.9. The van der Waals surface area contributed by atoms with Crippen LogP contribution in [-0.2, 0) is 10.0 Å². The molecule has 2 rings (SSSR count). The zero-order chi connectivity index (χ0) is 15.7. The van der Waals surface area contributed by atoms with Crippen molar-refractivity contribution in [2.45, 2.75) is 30.7 Å². The Morgan fingerprint density at radius 2 is 1.86 bits per heavy atom. The summed E-state index contributed by atoms with van der Waals surface area (Å²) in [5, 5.41) is 9.35. The van der Waals surface area contributed by atoms with Crippen molar-refractivity contribution in [2.75, 3.05) is 26.9 Å². The number of hydrogen-bond donors (Lipinski definition) is 1. The molecule has 1 aromatic rings. The van der Waals surface area contributed by atoms with Gasteiger partial charge in [0, 0.05) is 19.5 Å². The van der Waals surface area contributed by atoms with Crippen molar-refractivity contribution < 1.29 is 23.0 Å². The van der Waals surface area contributed by atoms with Crippen LogP contribution in [0.15, 0.2) is 23.1 Å². The summed E-state index contributed by atoms with van der Waals surface area (Å²) in [4.78, 5) is 0.121. The summed E-state index contributed by atoms with van der Waals surface area (Å²) in [6, 6.07) is 4.57. The maximum atomic E-state index is 12.6. The van der Waals surface area contributed by atoms with Gasteiger partial charge in [0.2, 0.25) is 10.0 Å². The number of nitrogens with zero attached hydrogens (tertiary/aromatic N) is 1. The Hall–Kier alpha value is -1.31. The summed E-state index contributed by atoms with van der Waals surface area (Å²) in [6.07, 6.45) is 0.758. The first-order chi connectivity index (χ1) is 9.79. The Kier molecular flexibility index (Phi) is 4.46. The summed E-state index contributed by atoms with van der Waals surface area (Å²) in [5.41, 5.74) is -0.886. The van der Waals surface area contributed by atoms with E-state index in [1.807, 2.05) is 0 Å². The van der Waals surface area contributed by atoms with Crippen LogP contribution in [0, 0.1) is 0 Å². The maximum absolute atomic E-state index is 12.6. The predicted octanol–water partition coefficient (Wildman–Crippen LogP) is 1.24. The molecule has 21 heavy (non-hydrogen) atoms. The minimum absolute atomic E-state index is 0.121. The molecule has 0 amide bonds. The predicted molar refractivity (Wildman–Crippen MR) is 78.2 cm³/mol. The quantitative estimate of drug-likeness (QED) is 0.904. The van der Waals surface area contributed by atoms with Crippen LogP contribution in [0.25, 0.3) is 0 Å². The number of benzene rings is 1. The molecule has 0 radical (unpaired) electrons. The van der Waals surface area contributed by atoms with E-state index in [0.29, 0.717) is 24.7 Å². The van der Waals surface area contributed by atoms with E-state index in [9.17, 15) is 13.5 Å². The Labute approximate surface area is 125 Å². The van der Waals surface area contributed by atoms with Gasteiger partial charge in [-0.15, -0.1) is 0 Å². The number of fused-ring (bicyclic) bond motifs is 1. The summed E-state index contributed by atoms with van der Waals surface area (Å²) in [5.74, 6) is 0.985. The Morgan fingerprint density at radius 3 is 2.48 bits per heavy atom. The average Bonchev–Trinajstić information content (AvgIpc) is 2.70. The van der Waals surface area contributed by atoms with Crippen molar-refractivity contribution >= 4 is 10.0 Å². The summed E-state index contributed by atoms with van der Waals surface area (Å²) in [6.45, 7) is 4.10. The molecule has 1 aliphatic heterocycles. The molecule has 0 bridgehead atoms. The zero-order valence-electron chi connectivity index (χ0n) is 12.5. The summed E-state index contributed by atoms with van der Waals surface area (Å²) in [7, 11) is -2.26. The SMILES string of the molecule is CN(C(C)(C)CO)S(=O)(=O)c1ccc2c(c1)OCCCO2. The van der Waals surface area contributed by atoms with Crippen LogP contribution in [0.3, 0.4) is 0 Å². The molecule has 0 saturated heterocycles. The second-order valence-electron chi connectivity index (χ2n) is 5.60. The van der Waals surface area contributed by atoms with E-state index in [1.165, 1.54) is 23.5 Å². The molecule has 1 N–H and O–H groups in total. The lowest BCUT2D eigenvalue weighted by atomic mass is 10.1. The monoisotopic (exact) mass is 315 g/mol. The number of aliphatic hydroxyl groups is 1. The minimum Gasteiger partial charge on any atom is -0.490 e. The van der Waals surface area contributed by atoms with Crippen molar-refractivity contribution in [3.63, 3.8) is 0 Å². The van der Waals surface area contributed by atoms with E-state index in [0.717, 1.165) is 6.42 Å². The topological polar surface area (TPSA) is 76.1 Å². The number of aliphatic hydroxyl groups excluding tert-OH is 1. The molecule has 0 spiro atoms. The van der Waals surface area contributed by atoms with Gasteiger partial charge in [0.15, 0.2) is 11.5 Å². The van der Waals surface area contributed by atoms with Gasteiger partial charge in [0.25, 0.3) is 0 Å². The van der Waals surface area contributed by atoms with Crippen LogP contribution >= 0.6 is 0 Å². The highest BCUT2D eigenvalue weighted by Gasteiger charge is 2.34. The van der Waals surface area contributed by atoms with E-state index in [2.05, 4.69) is 0 Å². The lowest BCUT2D eigenvalue weighted by Gasteiger charge is -2.32. The summed E-state index contributed by atoms with van der Waals surface area (Å²) < 4.78 is 37.4. The van der Waals surface area contributed by atoms with Gasteiger partial charge >= 0.3 is 0 Å². The van der Waals surface area contributed by atoms with Crippen LogP contribution in [-0.4, -0.2) is 50.2 Å². The third kappa shape index (κ3) is 3.14. The number of likely N-dealkylation sites (N-methyl/N-ethyl adjacent to an activating group) is 1. The van der Waals surface area contributed by atoms with Gasteiger partial charge in [0.05, 0.1) is 30.3 Å². The van der Waals surface area contributed by atoms with Crippen LogP contribution in [0.5, 0.6) is 11.5 Å². The molecule has 0 atom stereocenters. The third-order valence-electron chi connectivity index (χ3n) is 3.62. The average molecular weight is 315 g/mol. The second-order valence-corrected chi connectivity index (χ2v) is 7.57. The molecule has 7 heteroatoms. The first-order valence-corrected chi connectivity index (χ1v) is 8.22. The molecule has 118 valence electrons. The summed E-state index contributed by atoms with van der Waals surface area (Å²) >= 11 is 0. The fraction of sp³-hybridized carbons (Fsp3) is 0.571. The standard InChI is InChI=1S/C14H21NO5S/c1-14(2,10-16)15(3)21(17,18)11-5-6-12-13(9-11)20-8-4-7-19-12/h5-6,9,16H,4,7-8,10H2,1-3H3. The molecule has 0 saturated carbocycles. The van der Waals surface area contributed by atoms with Gasteiger partial charge in [0.1, 0.15) is 0 Å². The van der Waals surface area contributed by atoms with Gasteiger partial charge in [-0.1, -0.05) is 0 Å². The number of ether oxygens (including phenoxy) is 2. The fourth-order valence-corrected chi connectivity index (χ4v) is 3.41. The molecule has 0 aromatic heterocycles. The molecule has 0 unspecified atom stereocenters. The molecule has 1 aliphatic rings. The second kappa shape index (κ2) is 5.82. The maximum Gasteiger partial charge on any atom is 0.243 e. The highest BCUT2D eigenvalue weighted by Crippen LogP contribution is 2.33. The lowest BCUT2D eigenvalue weighted by Crippen LogP contribution is -2.47. The van der Waals surface area contributed by atoms with E-state index >= 15 is 0 Å². The van der Waals surface area contributed by atoms with Crippen LogP contribution in [0.4, 0.5) is 0 Å². The van der Waals surface area contributed by atoms with Gasteiger partial charge < -0.3 is 14.6 Å². The Bertz CT molecular complexity index is 612. The first-order valence-electron chi connectivity index (χ1n) is 6.78. The van der Waals surface area contributed by atoms with Gasteiger partial charge in [-0.25, -0.2) is 8.42 Å². The molecule has 0 aliphatic carbocycles. The number of rotatable bonds is 4. The number of sulfonamides is 1. The molecular weight excluding hydrogens is 294 g/mol. The van der Waals surface area contributed by atoms with Crippen molar-refractivity contribution in [1.82, 2.24) is 4.31 Å². The third-order valence-corrected chi connectivity index (χ3v) is 5.68. The minimum atomic E-state index is -3.72. The number of hydrogen-bond acceptors (Lipinski definition) is 5. The van der Waals surface area contributed by atoms with Gasteiger partial charge in [-0.2, -0.15) is 4.31 Å². The van der Waals surface area contributed by atoms with Crippen molar-refractivity contribution in [1.29, 1.82) is 0 Å². The Morgan fingerprint density at radius 1 is 1.24 bits per heavy atom. The van der Waals surface area contributed by atoms with Crippen molar-refractivity contribution in [2.24, 2.45) is 0 Å².